The maximum atomic E-state index is 11.4. The minimum absolute atomic E-state index is 0.0706. The van der Waals surface area contributed by atoms with Gasteiger partial charge in [0.2, 0.25) is 0 Å². The first kappa shape index (κ1) is 12.1. The van der Waals surface area contributed by atoms with Crippen LogP contribution < -0.4 is 10.6 Å². The Labute approximate surface area is 92.3 Å². The van der Waals surface area contributed by atoms with Gasteiger partial charge in [-0.3, -0.25) is 0 Å². The molecule has 0 spiro atoms. The molecule has 1 aliphatic rings. The van der Waals surface area contributed by atoms with Gasteiger partial charge in [0, 0.05) is 12.2 Å². The number of urea groups is 1. The number of hydrogen-bond donors (Lipinski definition) is 2. The summed E-state index contributed by atoms with van der Waals surface area (Å²) in [4.78, 5) is 11.4. The molecule has 2 N–H and O–H groups in total. The van der Waals surface area contributed by atoms with Crippen LogP contribution in [-0.2, 0) is 0 Å². The summed E-state index contributed by atoms with van der Waals surface area (Å²) in [5.41, 5.74) is 0. The number of rotatable bonds is 3. The minimum Gasteiger partial charge on any atom is -0.335 e. The van der Waals surface area contributed by atoms with E-state index in [-0.39, 0.29) is 6.03 Å². The van der Waals surface area contributed by atoms with Crippen molar-refractivity contribution in [1.29, 1.82) is 0 Å². The molecular formula is C12H22N2O. The van der Waals surface area contributed by atoms with Crippen molar-refractivity contribution < 1.29 is 4.79 Å². The highest BCUT2D eigenvalue weighted by Gasteiger charge is 2.14. The summed E-state index contributed by atoms with van der Waals surface area (Å²) >= 11 is 0. The van der Waals surface area contributed by atoms with Crippen LogP contribution in [0.3, 0.4) is 0 Å². The van der Waals surface area contributed by atoms with Crippen molar-refractivity contribution in [2.45, 2.75) is 52.0 Å². The summed E-state index contributed by atoms with van der Waals surface area (Å²) in [7, 11) is 0. The predicted octanol–water partition coefficient (Wildman–Crippen LogP) is 2.79. The molecule has 0 aromatic carbocycles. The van der Waals surface area contributed by atoms with Crippen LogP contribution in [0.15, 0.2) is 12.3 Å². The van der Waals surface area contributed by atoms with Crippen molar-refractivity contribution in [3.8, 4) is 0 Å². The van der Waals surface area contributed by atoms with Gasteiger partial charge in [-0.25, -0.2) is 4.79 Å². The highest BCUT2D eigenvalue weighted by atomic mass is 16.2. The van der Waals surface area contributed by atoms with E-state index >= 15 is 0 Å². The van der Waals surface area contributed by atoms with Crippen LogP contribution in [0.4, 0.5) is 4.79 Å². The van der Waals surface area contributed by atoms with Crippen molar-refractivity contribution in [3.05, 3.63) is 12.3 Å². The lowest BCUT2D eigenvalue weighted by Gasteiger charge is -2.22. The Morgan fingerprint density at radius 2 is 1.93 bits per heavy atom. The van der Waals surface area contributed by atoms with Gasteiger partial charge >= 0.3 is 6.03 Å². The van der Waals surface area contributed by atoms with E-state index < -0.39 is 0 Å². The molecule has 86 valence electrons. The summed E-state index contributed by atoms with van der Waals surface area (Å²) in [6.07, 6.45) is 9.75. The maximum absolute atomic E-state index is 11.4. The average Bonchev–Trinajstić information content (AvgIpc) is 2.18. The number of carbonyl (C=O) groups excluding carboxylic acids is 1. The molecule has 1 fully saturated rings. The first-order chi connectivity index (χ1) is 7.18. The third-order valence-corrected chi connectivity index (χ3v) is 2.64. The first-order valence-corrected chi connectivity index (χ1v) is 5.92. The Morgan fingerprint density at radius 1 is 1.27 bits per heavy atom. The Morgan fingerprint density at radius 3 is 2.53 bits per heavy atom. The molecule has 0 saturated heterocycles. The summed E-state index contributed by atoms with van der Waals surface area (Å²) in [6, 6.07) is 0.310. The van der Waals surface area contributed by atoms with Gasteiger partial charge in [-0.15, -0.1) is 0 Å². The van der Waals surface area contributed by atoms with Crippen molar-refractivity contribution in [3.63, 3.8) is 0 Å². The minimum atomic E-state index is -0.0706. The van der Waals surface area contributed by atoms with Gasteiger partial charge in [-0.05, 0) is 18.8 Å². The number of amides is 2. The van der Waals surface area contributed by atoms with Gasteiger partial charge in [0.15, 0.2) is 0 Å². The zero-order valence-corrected chi connectivity index (χ0v) is 9.75. The smallest absolute Gasteiger partial charge is 0.318 e. The van der Waals surface area contributed by atoms with E-state index in [0.29, 0.717) is 12.0 Å². The topological polar surface area (TPSA) is 41.1 Å². The number of carbonyl (C=O) groups is 1. The molecule has 3 nitrogen and oxygen atoms in total. The Balaban J connectivity index is 2.17. The van der Waals surface area contributed by atoms with E-state index in [1.807, 2.05) is 6.08 Å². The van der Waals surface area contributed by atoms with Gasteiger partial charge in [-0.1, -0.05) is 39.2 Å². The predicted molar refractivity (Wildman–Crippen MR) is 62.5 cm³/mol. The van der Waals surface area contributed by atoms with Gasteiger partial charge in [0.1, 0.15) is 0 Å². The Kier molecular flexibility index (Phi) is 5.22. The second-order valence-corrected chi connectivity index (χ2v) is 4.56. The van der Waals surface area contributed by atoms with Crippen LogP contribution in [0.1, 0.15) is 46.0 Å². The molecule has 0 atom stereocenters. The van der Waals surface area contributed by atoms with E-state index in [2.05, 4.69) is 24.5 Å². The van der Waals surface area contributed by atoms with Crippen LogP contribution in [0.2, 0.25) is 0 Å². The Bertz CT molecular complexity index is 218. The molecule has 1 aliphatic carbocycles. The van der Waals surface area contributed by atoms with Gasteiger partial charge in [0.25, 0.3) is 0 Å². The molecule has 1 saturated carbocycles. The highest BCUT2D eigenvalue weighted by Crippen LogP contribution is 2.16. The Hall–Kier alpha value is -0.990. The molecule has 0 unspecified atom stereocenters. The van der Waals surface area contributed by atoms with E-state index in [4.69, 9.17) is 0 Å². The standard InChI is InChI=1S/C12H22N2O/c1-10(2)8-9-13-12(15)14-11-6-4-3-5-7-11/h8-11H,3-7H2,1-2H3,(H2,13,14,15)/b9-8+. The molecular weight excluding hydrogens is 188 g/mol. The van der Waals surface area contributed by atoms with Crippen molar-refractivity contribution in [1.82, 2.24) is 10.6 Å². The molecule has 1 rings (SSSR count). The van der Waals surface area contributed by atoms with E-state index in [1.54, 1.807) is 6.20 Å². The van der Waals surface area contributed by atoms with E-state index in [9.17, 15) is 4.79 Å². The summed E-state index contributed by atoms with van der Waals surface area (Å²) < 4.78 is 0. The van der Waals surface area contributed by atoms with Crippen LogP contribution in [-0.4, -0.2) is 12.1 Å². The SMILES string of the molecule is CC(C)/C=C/NC(=O)NC1CCCCC1. The molecule has 2 amide bonds. The molecule has 15 heavy (non-hydrogen) atoms. The number of allylic oxidation sites excluding steroid dienone is 1. The third kappa shape index (κ3) is 5.45. The lowest BCUT2D eigenvalue weighted by Crippen LogP contribution is -2.41. The average molecular weight is 210 g/mol. The zero-order valence-electron chi connectivity index (χ0n) is 9.75. The van der Waals surface area contributed by atoms with Crippen LogP contribution in [0, 0.1) is 5.92 Å². The highest BCUT2D eigenvalue weighted by molar-refractivity contribution is 5.75. The first-order valence-electron chi connectivity index (χ1n) is 5.92. The molecule has 0 aromatic rings. The van der Waals surface area contributed by atoms with Crippen LogP contribution in [0.5, 0.6) is 0 Å². The number of hydrogen-bond acceptors (Lipinski definition) is 1. The molecule has 3 heteroatoms. The van der Waals surface area contributed by atoms with Crippen LogP contribution in [0.25, 0.3) is 0 Å². The van der Waals surface area contributed by atoms with Gasteiger partial charge in [-0.2, -0.15) is 0 Å². The third-order valence-electron chi connectivity index (χ3n) is 2.64. The summed E-state index contributed by atoms with van der Waals surface area (Å²) in [5, 5.41) is 5.72. The van der Waals surface area contributed by atoms with E-state index in [1.165, 1.54) is 19.3 Å². The molecule has 0 aromatic heterocycles. The lowest BCUT2D eigenvalue weighted by atomic mass is 9.96. The number of nitrogens with one attached hydrogen (secondary N) is 2. The fraction of sp³-hybridized carbons (Fsp3) is 0.750. The van der Waals surface area contributed by atoms with Crippen molar-refractivity contribution >= 4 is 6.03 Å². The fourth-order valence-corrected chi connectivity index (χ4v) is 1.79. The second kappa shape index (κ2) is 6.49. The van der Waals surface area contributed by atoms with Crippen LogP contribution >= 0.6 is 0 Å². The van der Waals surface area contributed by atoms with Gasteiger partial charge in [0.05, 0.1) is 0 Å². The monoisotopic (exact) mass is 210 g/mol. The molecule has 0 radical (unpaired) electrons. The quantitative estimate of drug-likeness (QED) is 0.739. The summed E-state index contributed by atoms with van der Waals surface area (Å²) in [6.45, 7) is 4.16. The van der Waals surface area contributed by atoms with Gasteiger partial charge < -0.3 is 10.6 Å². The molecule has 0 heterocycles. The maximum Gasteiger partial charge on any atom is 0.318 e. The van der Waals surface area contributed by atoms with E-state index in [0.717, 1.165) is 12.8 Å². The second-order valence-electron chi connectivity index (χ2n) is 4.56. The van der Waals surface area contributed by atoms with Crippen molar-refractivity contribution in [2.24, 2.45) is 5.92 Å². The van der Waals surface area contributed by atoms with Crippen molar-refractivity contribution in [2.75, 3.05) is 0 Å². The zero-order chi connectivity index (χ0) is 11.1. The normalized spacial score (nSPS) is 18.3. The lowest BCUT2D eigenvalue weighted by molar-refractivity contribution is 0.236. The fourth-order valence-electron chi connectivity index (χ4n) is 1.79. The molecule has 0 bridgehead atoms. The largest absolute Gasteiger partial charge is 0.335 e. The molecule has 0 aliphatic heterocycles. The summed E-state index contributed by atoms with van der Waals surface area (Å²) in [5.74, 6) is 0.472.